The predicted octanol–water partition coefficient (Wildman–Crippen LogP) is 0.219. The summed E-state index contributed by atoms with van der Waals surface area (Å²) in [4.78, 5) is 0. The molecule has 0 aliphatic carbocycles. The SMILES string of the molecule is CCCCOC[C@H]1O[C@H](O)[C@@H](O)[C@@H]1F. The van der Waals surface area contributed by atoms with Crippen molar-refractivity contribution in [3.05, 3.63) is 0 Å². The van der Waals surface area contributed by atoms with Crippen LogP contribution in [-0.4, -0.2) is 48.1 Å². The Labute approximate surface area is 82.6 Å². The highest BCUT2D eigenvalue weighted by Gasteiger charge is 2.43. The summed E-state index contributed by atoms with van der Waals surface area (Å²) in [7, 11) is 0. The van der Waals surface area contributed by atoms with Crippen LogP contribution in [0.3, 0.4) is 0 Å². The molecule has 4 atom stereocenters. The van der Waals surface area contributed by atoms with E-state index in [2.05, 4.69) is 0 Å². The average Bonchev–Trinajstić information content (AvgIpc) is 2.41. The third-order valence-electron chi connectivity index (χ3n) is 2.21. The van der Waals surface area contributed by atoms with Crippen molar-refractivity contribution in [3.8, 4) is 0 Å². The quantitative estimate of drug-likeness (QED) is 0.634. The molecule has 1 heterocycles. The highest BCUT2D eigenvalue weighted by Crippen LogP contribution is 2.22. The minimum absolute atomic E-state index is 0.0787. The molecule has 1 aliphatic rings. The summed E-state index contributed by atoms with van der Waals surface area (Å²) < 4.78 is 23.0. The first-order chi connectivity index (χ1) is 6.66. The predicted molar refractivity (Wildman–Crippen MR) is 47.5 cm³/mol. The van der Waals surface area contributed by atoms with Gasteiger partial charge in [0.05, 0.1) is 6.61 Å². The maximum Gasteiger partial charge on any atom is 0.184 e. The zero-order valence-electron chi connectivity index (χ0n) is 8.23. The van der Waals surface area contributed by atoms with E-state index in [9.17, 15) is 4.39 Å². The van der Waals surface area contributed by atoms with Gasteiger partial charge in [-0.05, 0) is 6.42 Å². The van der Waals surface area contributed by atoms with Crippen LogP contribution in [0.5, 0.6) is 0 Å². The van der Waals surface area contributed by atoms with Crippen LogP contribution in [0.1, 0.15) is 19.8 Å². The van der Waals surface area contributed by atoms with Crippen LogP contribution in [0.2, 0.25) is 0 Å². The number of alkyl halides is 1. The molecule has 0 amide bonds. The van der Waals surface area contributed by atoms with E-state index in [1.54, 1.807) is 0 Å². The number of halogens is 1. The molecule has 1 saturated heterocycles. The topological polar surface area (TPSA) is 58.9 Å². The second-order valence-electron chi connectivity index (χ2n) is 3.43. The van der Waals surface area contributed by atoms with Crippen molar-refractivity contribution in [2.45, 2.75) is 44.4 Å². The maximum atomic E-state index is 13.1. The Balaban J connectivity index is 2.19. The molecule has 1 rings (SSSR count). The van der Waals surface area contributed by atoms with E-state index >= 15 is 0 Å². The van der Waals surface area contributed by atoms with Gasteiger partial charge in [-0.25, -0.2) is 4.39 Å². The first-order valence-corrected chi connectivity index (χ1v) is 4.90. The van der Waals surface area contributed by atoms with Gasteiger partial charge in [0.2, 0.25) is 0 Å². The van der Waals surface area contributed by atoms with Gasteiger partial charge in [-0.1, -0.05) is 13.3 Å². The number of aliphatic hydroxyl groups is 2. The maximum absolute atomic E-state index is 13.1. The Hall–Kier alpha value is -0.230. The molecule has 0 aromatic heterocycles. The minimum atomic E-state index is -1.56. The van der Waals surface area contributed by atoms with E-state index in [0.717, 1.165) is 12.8 Å². The highest BCUT2D eigenvalue weighted by atomic mass is 19.1. The molecular weight excluding hydrogens is 191 g/mol. The van der Waals surface area contributed by atoms with Crippen molar-refractivity contribution in [3.63, 3.8) is 0 Å². The van der Waals surface area contributed by atoms with E-state index in [1.165, 1.54) is 0 Å². The smallest absolute Gasteiger partial charge is 0.184 e. The highest BCUT2D eigenvalue weighted by molar-refractivity contribution is 4.85. The average molecular weight is 208 g/mol. The van der Waals surface area contributed by atoms with Crippen LogP contribution >= 0.6 is 0 Å². The van der Waals surface area contributed by atoms with E-state index in [0.29, 0.717) is 6.61 Å². The van der Waals surface area contributed by atoms with Gasteiger partial charge in [-0.2, -0.15) is 0 Å². The van der Waals surface area contributed by atoms with E-state index in [4.69, 9.17) is 19.7 Å². The monoisotopic (exact) mass is 208 g/mol. The Morgan fingerprint density at radius 3 is 2.64 bits per heavy atom. The first kappa shape index (κ1) is 11.8. The van der Waals surface area contributed by atoms with Crippen LogP contribution in [-0.2, 0) is 9.47 Å². The van der Waals surface area contributed by atoms with Crippen molar-refractivity contribution in [1.29, 1.82) is 0 Å². The molecule has 2 N–H and O–H groups in total. The molecule has 0 saturated carbocycles. The molecule has 0 unspecified atom stereocenters. The van der Waals surface area contributed by atoms with Gasteiger partial charge in [0.1, 0.15) is 12.2 Å². The number of unbranched alkanes of at least 4 members (excludes halogenated alkanes) is 1. The van der Waals surface area contributed by atoms with E-state index in [1.807, 2.05) is 6.92 Å². The minimum Gasteiger partial charge on any atom is -0.385 e. The lowest BCUT2D eigenvalue weighted by Crippen LogP contribution is -2.30. The summed E-state index contributed by atoms with van der Waals surface area (Å²) in [5.74, 6) is 0. The van der Waals surface area contributed by atoms with Crippen LogP contribution < -0.4 is 0 Å². The largest absolute Gasteiger partial charge is 0.385 e. The van der Waals surface area contributed by atoms with Gasteiger partial charge in [-0.3, -0.25) is 0 Å². The fraction of sp³-hybridized carbons (Fsp3) is 1.00. The van der Waals surface area contributed by atoms with Crippen molar-refractivity contribution in [1.82, 2.24) is 0 Å². The van der Waals surface area contributed by atoms with Crippen molar-refractivity contribution in [2.75, 3.05) is 13.2 Å². The Morgan fingerprint density at radius 1 is 1.43 bits per heavy atom. The fourth-order valence-electron chi connectivity index (χ4n) is 1.29. The van der Waals surface area contributed by atoms with Gasteiger partial charge in [0.25, 0.3) is 0 Å². The molecule has 5 heteroatoms. The molecule has 14 heavy (non-hydrogen) atoms. The summed E-state index contributed by atoms with van der Waals surface area (Å²) in [6.45, 7) is 2.66. The molecule has 84 valence electrons. The molecule has 0 spiro atoms. The number of hydrogen-bond donors (Lipinski definition) is 2. The molecule has 0 aromatic rings. The number of rotatable bonds is 5. The summed E-state index contributed by atoms with van der Waals surface area (Å²) in [5, 5.41) is 18.0. The van der Waals surface area contributed by atoms with Gasteiger partial charge < -0.3 is 19.7 Å². The molecule has 0 radical (unpaired) electrons. The lowest BCUT2D eigenvalue weighted by Gasteiger charge is -2.12. The lowest BCUT2D eigenvalue weighted by atomic mass is 10.2. The first-order valence-electron chi connectivity index (χ1n) is 4.90. The summed E-state index contributed by atoms with van der Waals surface area (Å²) in [6.07, 6.45) is -3.37. The summed E-state index contributed by atoms with van der Waals surface area (Å²) >= 11 is 0. The number of aliphatic hydroxyl groups excluding tert-OH is 2. The molecular formula is C9H17FO4. The fourth-order valence-corrected chi connectivity index (χ4v) is 1.29. The third-order valence-corrected chi connectivity index (χ3v) is 2.21. The molecule has 0 aromatic carbocycles. The van der Waals surface area contributed by atoms with Gasteiger partial charge in [0, 0.05) is 6.61 Å². The Kier molecular flexibility index (Phi) is 4.74. The Bertz CT molecular complexity index is 167. The second-order valence-corrected chi connectivity index (χ2v) is 3.43. The van der Waals surface area contributed by atoms with Crippen molar-refractivity contribution in [2.24, 2.45) is 0 Å². The normalized spacial score (nSPS) is 37.7. The standard InChI is InChI=1S/C9H17FO4/c1-2-3-4-13-5-6-7(10)8(11)9(12)14-6/h6-9,11-12H,2-5H2,1H3/t6-,7-,8+,9+/m1/s1. The Morgan fingerprint density at radius 2 is 2.14 bits per heavy atom. The van der Waals surface area contributed by atoms with Crippen LogP contribution in [0.4, 0.5) is 4.39 Å². The zero-order valence-corrected chi connectivity index (χ0v) is 8.23. The lowest BCUT2D eigenvalue weighted by molar-refractivity contribution is -0.137. The van der Waals surface area contributed by atoms with Gasteiger partial charge in [-0.15, -0.1) is 0 Å². The number of hydrogen-bond acceptors (Lipinski definition) is 4. The van der Waals surface area contributed by atoms with Gasteiger partial charge in [0.15, 0.2) is 12.5 Å². The molecule has 1 aliphatic heterocycles. The number of ether oxygens (including phenoxy) is 2. The van der Waals surface area contributed by atoms with Gasteiger partial charge >= 0.3 is 0 Å². The third kappa shape index (κ3) is 2.88. The molecule has 0 bridgehead atoms. The van der Waals surface area contributed by atoms with Crippen LogP contribution in [0, 0.1) is 0 Å². The van der Waals surface area contributed by atoms with Crippen LogP contribution in [0.25, 0.3) is 0 Å². The van der Waals surface area contributed by atoms with Crippen LogP contribution in [0.15, 0.2) is 0 Å². The van der Waals surface area contributed by atoms with E-state index in [-0.39, 0.29) is 6.61 Å². The molecule has 1 fully saturated rings. The van der Waals surface area contributed by atoms with Crippen molar-refractivity contribution < 1.29 is 24.1 Å². The second kappa shape index (κ2) is 5.60. The van der Waals surface area contributed by atoms with Crippen molar-refractivity contribution >= 4 is 0 Å². The summed E-state index contributed by atoms with van der Waals surface area (Å²) in [6, 6.07) is 0. The molecule has 4 nitrogen and oxygen atoms in total. The van der Waals surface area contributed by atoms with E-state index < -0.39 is 24.7 Å². The summed E-state index contributed by atoms with van der Waals surface area (Å²) in [5.41, 5.74) is 0. The zero-order chi connectivity index (χ0) is 10.6.